The first kappa shape index (κ1) is 13.6. The second-order valence-corrected chi connectivity index (χ2v) is 5.76. The minimum atomic E-state index is 0.325. The lowest BCUT2D eigenvalue weighted by atomic mass is 10.0. The zero-order valence-electron chi connectivity index (χ0n) is 12.0. The highest BCUT2D eigenvalue weighted by atomic mass is 32.1. The molecular weight excluding hydrogens is 284 g/mol. The van der Waals surface area contributed by atoms with Crippen molar-refractivity contribution in [1.29, 1.82) is 0 Å². The zero-order valence-corrected chi connectivity index (χ0v) is 12.8. The first-order chi connectivity index (χ1) is 10.1. The maximum absolute atomic E-state index is 11.3. The monoisotopic (exact) mass is 298 g/mol. The van der Waals surface area contributed by atoms with Gasteiger partial charge in [-0.15, -0.1) is 16.4 Å². The topological polar surface area (TPSA) is 60.7 Å². The SMILES string of the molecule is Cc1csc(-n2nnc(C=O)c2-c2ccc(C)c(C)c2)n1. The number of aldehydes is 1. The smallest absolute Gasteiger partial charge is 0.212 e. The predicted molar refractivity (Wildman–Crippen MR) is 82.1 cm³/mol. The number of carbonyl (C=O) groups is 1. The summed E-state index contributed by atoms with van der Waals surface area (Å²) >= 11 is 1.48. The Kier molecular flexibility index (Phi) is 3.39. The van der Waals surface area contributed by atoms with Crippen LogP contribution in [0.1, 0.15) is 27.3 Å². The average molecular weight is 298 g/mol. The lowest BCUT2D eigenvalue weighted by Crippen LogP contribution is -2.00. The molecule has 0 aliphatic heterocycles. The normalized spacial score (nSPS) is 10.8. The van der Waals surface area contributed by atoms with Gasteiger partial charge in [-0.1, -0.05) is 17.3 Å². The van der Waals surface area contributed by atoms with Crippen molar-refractivity contribution in [3.8, 4) is 16.4 Å². The van der Waals surface area contributed by atoms with E-state index >= 15 is 0 Å². The van der Waals surface area contributed by atoms with Crippen LogP contribution in [0.25, 0.3) is 16.4 Å². The Hall–Kier alpha value is -2.34. The molecule has 0 saturated heterocycles. The molecule has 3 aromatic rings. The van der Waals surface area contributed by atoms with Crippen LogP contribution in [0.5, 0.6) is 0 Å². The third kappa shape index (κ3) is 2.38. The Bertz CT molecular complexity index is 819. The van der Waals surface area contributed by atoms with Crippen molar-refractivity contribution in [1.82, 2.24) is 20.0 Å². The molecular formula is C15H14N4OS. The van der Waals surface area contributed by atoms with Gasteiger partial charge in [0.25, 0.3) is 0 Å². The van der Waals surface area contributed by atoms with E-state index in [4.69, 9.17) is 0 Å². The van der Waals surface area contributed by atoms with Gasteiger partial charge in [0.15, 0.2) is 12.0 Å². The van der Waals surface area contributed by atoms with Crippen molar-refractivity contribution in [3.63, 3.8) is 0 Å². The molecule has 0 bridgehead atoms. The van der Waals surface area contributed by atoms with Crippen molar-refractivity contribution < 1.29 is 4.79 Å². The second kappa shape index (κ2) is 5.21. The van der Waals surface area contributed by atoms with Gasteiger partial charge < -0.3 is 0 Å². The highest BCUT2D eigenvalue weighted by Gasteiger charge is 2.18. The van der Waals surface area contributed by atoms with E-state index in [2.05, 4.69) is 22.2 Å². The average Bonchev–Trinajstić information content (AvgIpc) is 3.07. The fourth-order valence-electron chi connectivity index (χ4n) is 2.10. The maximum Gasteiger partial charge on any atom is 0.212 e. The van der Waals surface area contributed by atoms with Gasteiger partial charge in [-0.3, -0.25) is 4.79 Å². The summed E-state index contributed by atoms with van der Waals surface area (Å²) in [5.41, 5.74) is 5.21. The lowest BCUT2D eigenvalue weighted by Gasteiger charge is -2.07. The number of aromatic nitrogens is 4. The number of benzene rings is 1. The molecule has 0 radical (unpaired) electrons. The van der Waals surface area contributed by atoms with Gasteiger partial charge in [0.2, 0.25) is 5.13 Å². The number of hydrogen-bond acceptors (Lipinski definition) is 5. The van der Waals surface area contributed by atoms with E-state index in [-0.39, 0.29) is 0 Å². The molecule has 0 amide bonds. The minimum Gasteiger partial charge on any atom is -0.296 e. The quantitative estimate of drug-likeness (QED) is 0.697. The van der Waals surface area contributed by atoms with Gasteiger partial charge >= 0.3 is 0 Å². The Morgan fingerprint density at radius 1 is 1.19 bits per heavy atom. The molecule has 0 spiro atoms. The molecule has 5 nitrogen and oxygen atoms in total. The highest BCUT2D eigenvalue weighted by Crippen LogP contribution is 2.27. The molecule has 0 unspecified atom stereocenters. The first-order valence-electron chi connectivity index (χ1n) is 6.51. The van der Waals surface area contributed by atoms with E-state index in [0.717, 1.165) is 23.1 Å². The minimum absolute atomic E-state index is 0.325. The number of aryl methyl sites for hydroxylation is 3. The number of rotatable bonds is 3. The number of nitrogens with zero attached hydrogens (tertiary/aromatic N) is 4. The molecule has 0 saturated carbocycles. The standard InChI is InChI=1S/C15H14N4OS/c1-9-4-5-12(6-10(9)2)14-13(7-20)17-18-19(14)15-16-11(3)8-21-15/h4-8H,1-3H3. The van der Waals surface area contributed by atoms with Crippen molar-refractivity contribution in [2.45, 2.75) is 20.8 Å². The predicted octanol–water partition coefficient (Wildman–Crippen LogP) is 3.13. The largest absolute Gasteiger partial charge is 0.296 e. The summed E-state index contributed by atoms with van der Waals surface area (Å²) in [6.07, 6.45) is 0.731. The van der Waals surface area contributed by atoms with Gasteiger partial charge in [0, 0.05) is 10.9 Å². The van der Waals surface area contributed by atoms with Gasteiger partial charge in [-0.05, 0) is 38.0 Å². The van der Waals surface area contributed by atoms with Crippen LogP contribution in [0.2, 0.25) is 0 Å². The van der Waals surface area contributed by atoms with Crippen molar-refractivity contribution >= 4 is 17.6 Å². The summed E-state index contributed by atoms with van der Waals surface area (Å²) in [5.74, 6) is 0. The number of thiazole rings is 1. The van der Waals surface area contributed by atoms with Gasteiger partial charge in [0.05, 0.1) is 5.69 Å². The van der Waals surface area contributed by atoms with E-state index in [9.17, 15) is 4.79 Å². The fourth-order valence-corrected chi connectivity index (χ4v) is 2.86. The molecule has 2 aromatic heterocycles. The molecule has 2 heterocycles. The van der Waals surface area contributed by atoms with Crippen LogP contribution in [0.3, 0.4) is 0 Å². The lowest BCUT2D eigenvalue weighted by molar-refractivity contribution is 0.111. The third-order valence-electron chi connectivity index (χ3n) is 3.38. The van der Waals surface area contributed by atoms with Crippen LogP contribution in [0.15, 0.2) is 23.6 Å². The van der Waals surface area contributed by atoms with Crippen LogP contribution in [0, 0.1) is 20.8 Å². The van der Waals surface area contributed by atoms with Crippen molar-refractivity contribution in [2.75, 3.05) is 0 Å². The van der Waals surface area contributed by atoms with E-state index in [1.54, 1.807) is 4.68 Å². The summed E-state index contributed by atoms with van der Waals surface area (Å²) in [6.45, 7) is 6.02. The molecule has 3 rings (SSSR count). The molecule has 0 N–H and O–H groups in total. The van der Waals surface area contributed by atoms with Crippen LogP contribution in [-0.2, 0) is 0 Å². The summed E-state index contributed by atoms with van der Waals surface area (Å²) in [4.78, 5) is 15.7. The third-order valence-corrected chi connectivity index (χ3v) is 4.31. The van der Waals surface area contributed by atoms with E-state index in [1.165, 1.54) is 16.9 Å². The van der Waals surface area contributed by atoms with Gasteiger partial charge in [-0.2, -0.15) is 4.68 Å². The summed E-state index contributed by atoms with van der Waals surface area (Å²) in [6, 6.07) is 6.05. The first-order valence-corrected chi connectivity index (χ1v) is 7.39. The van der Waals surface area contributed by atoms with Crippen molar-refractivity contribution in [2.24, 2.45) is 0 Å². The molecule has 0 atom stereocenters. The summed E-state index contributed by atoms with van der Waals surface area (Å²) in [7, 11) is 0. The highest BCUT2D eigenvalue weighted by molar-refractivity contribution is 7.12. The van der Waals surface area contributed by atoms with E-state index in [0.29, 0.717) is 16.5 Å². The number of hydrogen-bond donors (Lipinski definition) is 0. The molecule has 21 heavy (non-hydrogen) atoms. The fraction of sp³-hybridized carbons (Fsp3) is 0.200. The van der Waals surface area contributed by atoms with Gasteiger partial charge in [0.1, 0.15) is 5.69 Å². The van der Waals surface area contributed by atoms with Crippen LogP contribution in [0.4, 0.5) is 0 Å². The summed E-state index contributed by atoms with van der Waals surface area (Å²) in [5, 5.41) is 10.7. The molecule has 0 aliphatic rings. The van der Waals surface area contributed by atoms with Crippen LogP contribution < -0.4 is 0 Å². The van der Waals surface area contributed by atoms with E-state index < -0.39 is 0 Å². The summed E-state index contributed by atoms with van der Waals surface area (Å²) < 4.78 is 1.63. The molecule has 6 heteroatoms. The Morgan fingerprint density at radius 2 is 2.00 bits per heavy atom. The van der Waals surface area contributed by atoms with E-state index in [1.807, 2.05) is 37.4 Å². The van der Waals surface area contributed by atoms with Crippen LogP contribution >= 0.6 is 11.3 Å². The zero-order chi connectivity index (χ0) is 15.0. The second-order valence-electron chi connectivity index (χ2n) is 4.92. The molecule has 1 aromatic carbocycles. The Morgan fingerprint density at radius 3 is 2.62 bits per heavy atom. The van der Waals surface area contributed by atoms with Crippen LogP contribution in [-0.4, -0.2) is 26.3 Å². The van der Waals surface area contributed by atoms with Gasteiger partial charge in [-0.25, -0.2) is 4.98 Å². The Labute approximate surface area is 126 Å². The molecule has 0 fully saturated rings. The number of carbonyl (C=O) groups excluding carboxylic acids is 1. The Balaban J connectivity index is 2.22. The molecule has 0 aliphatic carbocycles. The molecule has 106 valence electrons. The van der Waals surface area contributed by atoms with Crippen molar-refractivity contribution in [3.05, 3.63) is 46.1 Å². The maximum atomic E-state index is 11.3.